The van der Waals surface area contributed by atoms with Gasteiger partial charge in [-0.05, 0) is 71.0 Å². The third-order valence-electron chi connectivity index (χ3n) is 5.37. The largest absolute Gasteiger partial charge is 0.396 e. The van der Waals surface area contributed by atoms with Crippen LogP contribution in [-0.4, -0.2) is 14.5 Å². The molecule has 3 aliphatic rings. The molecule has 4 unspecified atom stereocenters. The summed E-state index contributed by atoms with van der Waals surface area (Å²) in [5.41, 5.74) is 5.33. The predicted molar refractivity (Wildman–Crippen MR) is 80.4 cm³/mol. The van der Waals surface area contributed by atoms with Crippen LogP contribution >= 0.6 is 15.9 Å². The van der Waals surface area contributed by atoms with Gasteiger partial charge in [-0.1, -0.05) is 0 Å². The summed E-state index contributed by atoms with van der Waals surface area (Å²) >= 11 is 3.11. The minimum absolute atomic E-state index is 0.0127. The molecule has 4 atom stereocenters. The van der Waals surface area contributed by atoms with Gasteiger partial charge in [-0.3, -0.25) is 0 Å². The molecular formula is C14H16BrFN2O2S. The van der Waals surface area contributed by atoms with Crippen LogP contribution in [0.15, 0.2) is 21.5 Å². The molecule has 1 aromatic carbocycles. The van der Waals surface area contributed by atoms with E-state index in [2.05, 4.69) is 20.7 Å². The van der Waals surface area contributed by atoms with Crippen molar-refractivity contribution in [3.8, 4) is 0 Å². The Morgan fingerprint density at radius 2 is 1.86 bits per heavy atom. The van der Waals surface area contributed by atoms with Crippen molar-refractivity contribution in [2.24, 2.45) is 23.7 Å². The molecule has 0 aromatic heterocycles. The van der Waals surface area contributed by atoms with Crippen molar-refractivity contribution in [3.05, 3.63) is 22.4 Å². The Morgan fingerprint density at radius 3 is 2.48 bits per heavy atom. The summed E-state index contributed by atoms with van der Waals surface area (Å²) in [5, 5.41) is 0. The topological polar surface area (TPSA) is 72.2 Å². The average Bonchev–Trinajstić information content (AvgIpc) is 2.82. The number of fused-ring (bicyclic) bond motifs is 5. The minimum atomic E-state index is -3.67. The molecule has 7 heteroatoms. The summed E-state index contributed by atoms with van der Waals surface area (Å²) in [4.78, 5) is 0.0127. The van der Waals surface area contributed by atoms with Crippen LogP contribution in [0.4, 0.5) is 10.1 Å². The van der Waals surface area contributed by atoms with Crippen molar-refractivity contribution in [1.29, 1.82) is 0 Å². The summed E-state index contributed by atoms with van der Waals surface area (Å²) in [6, 6.07) is 2.33. The van der Waals surface area contributed by atoms with Crippen LogP contribution in [0.5, 0.6) is 0 Å². The first-order valence-corrected chi connectivity index (χ1v) is 9.43. The van der Waals surface area contributed by atoms with Gasteiger partial charge in [0.05, 0.1) is 10.6 Å². The predicted octanol–water partition coefficient (Wildman–Crippen LogP) is 2.49. The Balaban J connectivity index is 1.59. The highest BCUT2D eigenvalue weighted by Gasteiger charge is 2.65. The van der Waals surface area contributed by atoms with Crippen LogP contribution in [0, 0.1) is 29.5 Å². The third-order valence-corrected chi connectivity index (χ3v) is 7.79. The lowest BCUT2D eigenvalue weighted by Crippen LogP contribution is -2.30. The standard InChI is InChI=1S/C14H16BrFN2O2S/c15-8-4-9(16)10(17)5-11(8)21(19,20)18-14-12-6-1-2-7(3-6)13(12)14/h4-7,12-14,18H,1-3,17H2. The van der Waals surface area contributed by atoms with Crippen molar-refractivity contribution in [2.45, 2.75) is 30.2 Å². The minimum Gasteiger partial charge on any atom is -0.396 e. The molecule has 0 aliphatic heterocycles. The van der Waals surface area contributed by atoms with Crippen LogP contribution in [-0.2, 0) is 10.0 Å². The van der Waals surface area contributed by atoms with E-state index >= 15 is 0 Å². The van der Waals surface area contributed by atoms with Gasteiger partial charge in [-0.15, -0.1) is 0 Å². The number of rotatable bonds is 3. The van der Waals surface area contributed by atoms with Crippen molar-refractivity contribution in [3.63, 3.8) is 0 Å². The highest BCUT2D eigenvalue weighted by Crippen LogP contribution is 2.65. The molecule has 0 amide bonds. The van der Waals surface area contributed by atoms with E-state index in [9.17, 15) is 12.8 Å². The zero-order chi connectivity index (χ0) is 14.9. The fraction of sp³-hybridized carbons (Fsp3) is 0.571. The molecule has 4 nitrogen and oxygen atoms in total. The Morgan fingerprint density at radius 1 is 1.24 bits per heavy atom. The van der Waals surface area contributed by atoms with Crippen LogP contribution < -0.4 is 10.5 Å². The summed E-state index contributed by atoms with van der Waals surface area (Å²) < 4.78 is 41.4. The summed E-state index contributed by atoms with van der Waals surface area (Å²) in [6.07, 6.45) is 3.73. The lowest BCUT2D eigenvalue weighted by Gasteiger charge is -2.13. The average molecular weight is 375 g/mol. The van der Waals surface area contributed by atoms with E-state index in [-0.39, 0.29) is 21.1 Å². The maximum absolute atomic E-state index is 13.4. The maximum Gasteiger partial charge on any atom is 0.242 e. The number of nitrogens with one attached hydrogen (secondary N) is 1. The molecule has 3 saturated carbocycles. The van der Waals surface area contributed by atoms with E-state index in [1.54, 1.807) is 0 Å². The van der Waals surface area contributed by atoms with Gasteiger partial charge in [0.15, 0.2) is 0 Å². The Hall–Kier alpha value is -0.660. The third kappa shape index (κ3) is 2.04. The SMILES string of the molecule is Nc1cc(S(=O)(=O)NC2C3C4CCC(C4)C23)c(Br)cc1F. The first-order valence-electron chi connectivity index (χ1n) is 7.15. The van der Waals surface area contributed by atoms with E-state index < -0.39 is 15.8 Å². The van der Waals surface area contributed by atoms with Crippen LogP contribution in [0.3, 0.4) is 0 Å². The molecule has 3 N–H and O–H groups in total. The number of benzene rings is 1. The Kier molecular flexibility index (Phi) is 2.94. The summed E-state index contributed by atoms with van der Waals surface area (Å²) in [5.74, 6) is 1.77. The van der Waals surface area contributed by atoms with Crippen LogP contribution in [0.25, 0.3) is 0 Å². The maximum atomic E-state index is 13.4. The second-order valence-electron chi connectivity index (χ2n) is 6.44. The Bertz CT molecular complexity index is 708. The van der Waals surface area contributed by atoms with Crippen molar-refractivity contribution in [2.75, 3.05) is 5.73 Å². The molecule has 0 spiro atoms. The van der Waals surface area contributed by atoms with Gasteiger partial charge in [0.25, 0.3) is 0 Å². The molecule has 1 aromatic rings. The molecule has 4 rings (SSSR count). The summed E-state index contributed by atoms with van der Waals surface area (Å²) in [6.45, 7) is 0. The highest BCUT2D eigenvalue weighted by atomic mass is 79.9. The van der Waals surface area contributed by atoms with E-state index in [1.165, 1.54) is 25.3 Å². The number of sulfonamides is 1. The van der Waals surface area contributed by atoms with E-state index in [1.807, 2.05) is 0 Å². The number of nitrogens with two attached hydrogens (primary N) is 1. The van der Waals surface area contributed by atoms with E-state index in [0.717, 1.165) is 6.07 Å². The van der Waals surface area contributed by atoms with Crippen molar-refractivity contribution < 1.29 is 12.8 Å². The van der Waals surface area contributed by atoms with Crippen molar-refractivity contribution in [1.82, 2.24) is 4.72 Å². The second kappa shape index (κ2) is 4.43. The van der Waals surface area contributed by atoms with Gasteiger partial charge in [0.2, 0.25) is 10.0 Å². The van der Waals surface area contributed by atoms with Gasteiger partial charge in [-0.2, -0.15) is 0 Å². The quantitative estimate of drug-likeness (QED) is 0.798. The summed E-state index contributed by atoms with van der Waals surface area (Å²) in [7, 11) is -3.67. The Labute approximate surface area is 131 Å². The smallest absolute Gasteiger partial charge is 0.242 e. The highest BCUT2D eigenvalue weighted by molar-refractivity contribution is 9.10. The van der Waals surface area contributed by atoms with Gasteiger partial charge in [-0.25, -0.2) is 17.5 Å². The zero-order valence-electron chi connectivity index (χ0n) is 11.2. The molecule has 21 heavy (non-hydrogen) atoms. The molecule has 2 bridgehead atoms. The molecule has 3 aliphatic carbocycles. The molecule has 114 valence electrons. The molecule has 0 saturated heterocycles. The second-order valence-corrected chi connectivity index (χ2v) is 8.98. The number of hydrogen-bond donors (Lipinski definition) is 2. The van der Waals surface area contributed by atoms with Gasteiger partial charge in [0.1, 0.15) is 5.82 Å². The number of nitrogen functional groups attached to an aromatic ring is 1. The molecular weight excluding hydrogens is 359 g/mol. The first-order chi connectivity index (χ1) is 9.88. The fourth-order valence-corrected chi connectivity index (χ4v) is 6.83. The van der Waals surface area contributed by atoms with Crippen molar-refractivity contribution >= 4 is 31.6 Å². The van der Waals surface area contributed by atoms with E-state index in [4.69, 9.17) is 5.73 Å². The molecule has 0 radical (unpaired) electrons. The fourth-order valence-electron chi connectivity index (χ4n) is 4.48. The lowest BCUT2D eigenvalue weighted by atomic mass is 10.0. The number of hydrogen-bond acceptors (Lipinski definition) is 3. The normalized spacial score (nSPS) is 36.8. The van der Waals surface area contributed by atoms with Crippen LogP contribution in [0.1, 0.15) is 19.3 Å². The zero-order valence-corrected chi connectivity index (χ0v) is 13.6. The monoisotopic (exact) mass is 374 g/mol. The van der Waals surface area contributed by atoms with Gasteiger partial charge < -0.3 is 5.73 Å². The number of anilines is 1. The lowest BCUT2D eigenvalue weighted by molar-refractivity contribution is 0.456. The molecule has 0 heterocycles. The number of halogens is 2. The van der Waals surface area contributed by atoms with Gasteiger partial charge in [0, 0.05) is 10.5 Å². The van der Waals surface area contributed by atoms with Gasteiger partial charge >= 0.3 is 0 Å². The first kappa shape index (κ1) is 14.0. The van der Waals surface area contributed by atoms with E-state index in [0.29, 0.717) is 23.7 Å². The molecule has 3 fully saturated rings. The van der Waals surface area contributed by atoms with Crippen LogP contribution in [0.2, 0.25) is 0 Å².